The Labute approximate surface area is 164 Å². The zero-order valence-corrected chi connectivity index (χ0v) is 15.6. The molecule has 2 aromatic rings. The van der Waals surface area contributed by atoms with Crippen LogP contribution >= 0.6 is 34.8 Å². The summed E-state index contributed by atoms with van der Waals surface area (Å²) in [5.74, 6) is -1.41. The number of carbonyl (C=O) groups is 2. The SMILES string of the molecule is O=C1CN(c2ccc(NC(=O)c3cc(F)c(Cl)cc3Cl)cc2Cl)CCN1. The number of anilines is 2. The van der Waals surface area contributed by atoms with Crippen LogP contribution in [0.3, 0.4) is 0 Å². The van der Waals surface area contributed by atoms with Crippen molar-refractivity contribution in [3.8, 4) is 0 Å². The average Bonchev–Trinajstić information content (AvgIpc) is 2.58. The average molecular weight is 417 g/mol. The Morgan fingerprint density at radius 2 is 1.88 bits per heavy atom. The first-order chi connectivity index (χ1) is 12.3. The van der Waals surface area contributed by atoms with Crippen LogP contribution in [0.1, 0.15) is 10.4 Å². The van der Waals surface area contributed by atoms with E-state index in [-0.39, 0.29) is 28.1 Å². The molecule has 1 aliphatic rings. The Balaban J connectivity index is 1.78. The van der Waals surface area contributed by atoms with Crippen molar-refractivity contribution in [1.29, 1.82) is 0 Å². The second-order valence-corrected chi connectivity index (χ2v) is 6.86. The van der Waals surface area contributed by atoms with Gasteiger partial charge in [-0.3, -0.25) is 9.59 Å². The molecule has 5 nitrogen and oxygen atoms in total. The van der Waals surface area contributed by atoms with Gasteiger partial charge in [-0.15, -0.1) is 0 Å². The van der Waals surface area contributed by atoms with Crippen LogP contribution in [0.5, 0.6) is 0 Å². The van der Waals surface area contributed by atoms with Gasteiger partial charge in [0.15, 0.2) is 0 Å². The molecule has 26 heavy (non-hydrogen) atoms. The molecule has 0 aromatic heterocycles. The summed E-state index contributed by atoms with van der Waals surface area (Å²) in [6.07, 6.45) is 0. The van der Waals surface area contributed by atoms with Gasteiger partial charge >= 0.3 is 0 Å². The summed E-state index contributed by atoms with van der Waals surface area (Å²) >= 11 is 17.9. The smallest absolute Gasteiger partial charge is 0.257 e. The van der Waals surface area contributed by atoms with Crippen LogP contribution in [0, 0.1) is 5.82 Å². The van der Waals surface area contributed by atoms with Crippen molar-refractivity contribution in [3.63, 3.8) is 0 Å². The summed E-state index contributed by atoms with van der Waals surface area (Å²) < 4.78 is 13.6. The summed E-state index contributed by atoms with van der Waals surface area (Å²) in [7, 11) is 0. The van der Waals surface area contributed by atoms with Crippen LogP contribution in [-0.4, -0.2) is 31.4 Å². The number of nitrogens with one attached hydrogen (secondary N) is 2. The zero-order valence-electron chi connectivity index (χ0n) is 13.3. The fraction of sp³-hybridized carbons (Fsp3) is 0.176. The lowest BCUT2D eigenvalue weighted by atomic mass is 10.2. The van der Waals surface area contributed by atoms with E-state index in [0.717, 1.165) is 6.07 Å². The van der Waals surface area contributed by atoms with Crippen molar-refractivity contribution in [3.05, 3.63) is 56.8 Å². The van der Waals surface area contributed by atoms with Crippen molar-refractivity contribution in [2.75, 3.05) is 29.9 Å². The van der Waals surface area contributed by atoms with Gasteiger partial charge in [0.05, 0.1) is 32.9 Å². The number of halogens is 4. The van der Waals surface area contributed by atoms with E-state index in [4.69, 9.17) is 34.8 Å². The minimum atomic E-state index is -0.738. The molecule has 2 aromatic carbocycles. The van der Waals surface area contributed by atoms with Gasteiger partial charge in [-0.25, -0.2) is 4.39 Å². The van der Waals surface area contributed by atoms with E-state index in [1.807, 2.05) is 4.90 Å². The van der Waals surface area contributed by atoms with E-state index in [9.17, 15) is 14.0 Å². The first-order valence-electron chi connectivity index (χ1n) is 7.62. The standard InChI is InChI=1S/C17H13Cl3FN3O2/c18-11-7-12(19)14(21)6-10(11)17(26)23-9-1-2-15(13(20)5-9)24-4-3-22-16(25)8-24/h1-2,5-7H,3-4,8H2,(H,22,25)(H,23,26). The highest BCUT2D eigenvalue weighted by Crippen LogP contribution is 2.30. The lowest BCUT2D eigenvalue weighted by Crippen LogP contribution is -2.47. The molecule has 0 bridgehead atoms. The van der Waals surface area contributed by atoms with Gasteiger partial charge in [-0.2, -0.15) is 0 Å². The third-order valence-electron chi connectivity index (χ3n) is 3.84. The number of piperazine rings is 1. The third-order valence-corrected chi connectivity index (χ3v) is 4.74. The van der Waals surface area contributed by atoms with Crippen LogP contribution in [0.15, 0.2) is 30.3 Å². The Bertz CT molecular complexity index is 892. The fourth-order valence-electron chi connectivity index (χ4n) is 2.58. The fourth-order valence-corrected chi connectivity index (χ4v) is 3.35. The molecule has 9 heteroatoms. The number of hydrogen-bond acceptors (Lipinski definition) is 3. The van der Waals surface area contributed by atoms with Gasteiger partial charge in [-0.1, -0.05) is 34.8 Å². The molecular formula is C17H13Cl3FN3O2. The highest BCUT2D eigenvalue weighted by molar-refractivity contribution is 6.37. The minimum absolute atomic E-state index is 0.0379. The first-order valence-corrected chi connectivity index (χ1v) is 8.75. The highest BCUT2D eigenvalue weighted by atomic mass is 35.5. The summed E-state index contributed by atoms with van der Waals surface area (Å²) in [5.41, 5.74) is 1.06. The normalized spacial score (nSPS) is 14.2. The molecule has 1 heterocycles. The number of nitrogens with zero attached hydrogens (tertiary/aromatic N) is 1. The number of rotatable bonds is 3. The van der Waals surface area contributed by atoms with E-state index < -0.39 is 11.7 Å². The second-order valence-electron chi connectivity index (χ2n) is 5.64. The molecule has 0 radical (unpaired) electrons. The first kappa shape index (κ1) is 18.8. The van der Waals surface area contributed by atoms with Crippen molar-refractivity contribution >= 4 is 58.0 Å². The summed E-state index contributed by atoms with van der Waals surface area (Å²) in [6.45, 7) is 1.39. The largest absolute Gasteiger partial charge is 0.359 e. The van der Waals surface area contributed by atoms with Gasteiger partial charge in [0.2, 0.25) is 5.91 Å². The lowest BCUT2D eigenvalue weighted by molar-refractivity contribution is -0.120. The van der Waals surface area contributed by atoms with Crippen molar-refractivity contribution in [1.82, 2.24) is 5.32 Å². The molecule has 1 fully saturated rings. The molecule has 1 aliphatic heterocycles. The number of hydrogen-bond donors (Lipinski definition) is 2. The van der Waals surface area contributed by atoms with Crippen molar-refractivity contribution in [2.24, 2.45) is 0 Å². The van der Waals surface area contributed by atoms with Gasteiger partial charge in [0.1, 0.15) is 5.82 Å². The third kappa shape index (κ3) is 4.03. The van der Waals surface area contributed by atoms with Crippen LogP contribution in [0.25, 0.3) is 0 Å². The van der Waals surface area contributed by atoms with Gasteiger partial charge in [0, 0.05) is 18.8 Å². The van der Waals surface area contributed by atoms with E-state index in [2.05, 4.69) is 10.6 Å². The Hall–Kier alpha value is -2.02. The van der Waals surface area contributed by atoms with E-state index in [1.165, 1.54) is 6.07 Å². The van der Waals surface area contributed by atoms with Crippen LogP contribution in [-0.2, 0) is 4.79 Å². The predicted octanol–water partition coefficient (Wildman–Crippen LogP) is 3.97. The van der Waals surface area contributed by atoms with Crippen LogP contribution in [0.2, 0.25) is 15.1 Å². The second kappa shape index (κ2) is 7.70. The number of benzene rings is 2. The molecule has 1 saturated heterocycles. The zero-order chi connectivity index (χ0) is 18.8. The topological polar surface area (TPSA) is 61.4 Å². The Morgan fingerprint density at radius 3 is 2.58 bits per heavy atom. The van der Waals surface area contributed by atoms with E-state index in [0.29, 0.717) is 29.5 Å². The summed E-state index contributed by atoms with van der Waals surface area (Å²) in [6, 6.07) is 7.06. The van der Waals surface area contributed by atoms with Gasteiger partial charge in [0.25, 0.3) is 5.91 Å². The lowest BCUT2D eigenvalue weighted by Gasteiger charge is -2.29. The maximum absolute atomic E-state index is 13.6. The molecule has 136 valence electrons. The molecule has 2 N–H and O–H groups in total. The minimum Gasteiger partial charge on any atom is -0.359 e. The van der Waals surface area contributed by atoms with E-state index in [1.54, 1.807) is 18.2 Å². The molecule has 3 rings (SSSR count). The molecule has 0 saturated carbocycles. The Kier molecular flexibility index (Phi) is 5.55. The molecule has 0 spiro atoms. The quantitative estimate of drug-likeness (QED) is 0.744. The van der Waals surface area contributed by atoms with Crippen LogP contribution in [0.4, 0.5) is 15.8 Å². The molecule has 0 unspecified atom stereocenters. The maximum Gasteiger partial charge on any atom is 0.257 e. The molecule has 0 atom stereocenters. The molecular weight excluding hydrogens is 404 g/mol. The van der Waals surface area contributed by atoms with Crippen molar-refractivity contribution < 1.29 is 14.0 Å². The molecule has 0 aliphatic carbocycles. The summed E-state index contributed by atoms with van der Waals surface area (Å²) in [5, 5.41) is 5.60. The number of amides is 2. The monoisotopic (exact) mass is 415 g/mol. The van der Waals surface area contributed by atoms with Crippen LogP contribution < -0.4 is 15.5 Å². The number of carbonyl (C=O) groups excluding carboxylic acids is 2. The molecule has 2 amide bonds. The van der Waals surface area contributed by atoms with Gasteiger partial charge < -0.3 is 15.5 Å². The maximum atomic E-state index is 13.6. The summed E-state index contributed by atoms with van der Waals surface area (Å²) in [4.78, 5) is 25.7. The highest BCUT2D eigenvalue weighted by Gasteiger charge is 2.19. The van der Waals surface area contributed by atoms with E-state index >= 15 is 0 Å². The van der Waals surface area contributed by atoms with Crippen molar-refractivity contribution in [2.45, 2.75) is 0 Å². The van der Waals surface area contributed by atoms with Gasteiger partial charge in [-0.05, 0) is 30.3 Å². The Morgan fingerprint density at radius 1 is 1.12 bits per heavy atom. The predicted molar refractivity (Wildman–Crippen MR) is 101 cm³/mol.